The van der Waals surface area contributed by atoms with Crippen molar-refractivity contribution >= 4 is 21.8 Å². The van der Waals surface area contributed by atoms with Crippen LogP contribution < -0.4 is 5.32 Å². The summed E-state index contributed by atoms with van der Waals surface area (Å²) in [7, 11) is 0. The number of halogens is 4. The zero-order valence-corrected chi connectivity index (χ0v) is 12.2. The van der Waals surface area contributed by atoms with Crippen molar-refractivity contribution in [3.8, 4) is 0 Å². The van der Waals surface area contributed by atoms with Crippen LogP contribution in [-0.4, -0.2) is 23.1 Å². The lowest BCUT2D eigenvalue weighted by molar-refractivity contribution is -0.182. The molecule has 0 radical (unpaired) electrons. The van der Waals surface area contributed by atoms with Crippen LogP contribution in [0.3, 0.4) is 0 Å². The van der Waals surface area contributed by atoms with E-state index >= 15 is 0 Å². The number of nitrogens with one attached hydrogen (secondary N) is 1. The third kappa shape index (κ3) is 3.94. The Bertz CT molecular complexity index is 467. The molecule has 1 aliphatic carbocycles. The minimum absolute atomic E-state index is 0.0716. The highest BCUT2D eigenvalue weighted by Gasteiger charge is 2.41. The number of rotatable bonds is 2. The third-order valence-corrected chi connectivity index (χ3v) is 3.95. The minimum Gasteiger partial charge on any atom is -0.348 e. The molecule has 0 aromatic carbocycles. The summed E-state index contributed by atoms with van der Waals surface area (Å²) in [5.41, 5.74) is 0.270. The molecule has 1 aliphatic rings. The second-order valence-electron chi connectivity index (χ2n) is 4.93. The van der Waals surface area contributed by atoms with Crippen molar-refractivity contribution in [2.45, 2.75) is 37.9 Å². The monoisotopic (exact) mass is 350 g/mol. The number of hydrogen-bond donors (Lipinski definition) is 1. The first-order valence-corrected chi connectivity index (χ1v) is 7.14. The van der Waals surface area contributed by atoms with Crippen molar-refractivity contribution in [3.05, 3.63) is 28.5 Å². The van der Waals surface area contributed by atoms with Crippen LogP contribution >= 0.6 is 15.9 Å². The van der Waals surface area contributed by atoms with Gasteiger partial charge >= 0.3 is 6.18 Å². The van der Waals surface area contributed by atoms with Gasteiger partial charge in [-0.3, -0.25) is 4.79 Å². The molecular weight excluding hydrogens is 337 g/mol. The van der Waals surface area contributed by atoms with E-state index in [0.717, 1.165) is 4.47 Å². The van der Waals surface area contributed by atoms with Crippen molar-refractivity contribution in [1.29, 1.82) is 0 Å². The Morgan fingerprint density at radius 3 is 2.40 bits per heavy atom. The molecule has 7 heteroatoms. The summed E-state index contributed by atoms with van der Waals surface area (Å²) in [5.74, 6) is -1.57. The van der Waals surface area contributed by atoms with Gasteiger partial charge in [0.2, 0.25) is 0 Å². The highest BCUT2D eigenvalue weighted by Crippen LogP contribution is 2.37. The quantitative estimate of drug-likeness (QED) is 0.883. The molecule has 0 saturated heterocycles. The maximum Gasteiger partial charge on any atom is 0.391 e. The van der Waals surface area contributed by atoms with E-state index in [2.05, 4.69) is 26.2 Å². The van der Waals surface area contributed by atoms with Crippen molar-refractivity contribution < 1.29 is 18.0 Å². The predicted molar refractivity (Wildman–Crippen MR) is 71.2 cm³/mol. The highest BCUT2D eigenvalue weighted by atomic mass is 79.9. The molecule has 1 amide bonds. The first-order chi connectivity index (χ1) is 9.36. The Morgan fingerprint density at radius 2 is 1.90 bits per heavy atom. The lowest BCUT2D eigenvalue weighted by Gasteiger charge is -2.30. The summed E-state index contributed by atoms with van der Waals surface area (Å²) in [6.45, 7) is 0. The summed E-state index contributed by atoms with van der Waals surface area (Å²) in [6.07, 6.45) is -1.76. The summed E-state index contributed by atoms with van der Waals surface area (Å²) in [4.78, 5) is 15.9. The fourth-order valence-electron chi connectivity index (χ4n) is 2.33. The van der Waals surface area contributed by atoms with E-state index in [-0.39, 0.29) is 30.5 Å². The zero-order chi connectivity index (χ0) is 14.8. The Balaban J connectivity index is 1.86. The molecule has 1 N–H and O–H groups in total. The van der Waals surface area contributed by atoms with Crippen LogP contribution in [0.5, 0.6) is 0 Å². The average Bonchev–Trinajstić information content (AvgIpc) is 2.39. The van der Waals surface area contributed by atoms with Crippen molar-refractivity contribution in [2.24, 2.45) is 5.92 Å². The highest BCUT2D eigenvalue weighted by molar-refractivity contribution is 9.10. The smallest absolute Gasteiger partial charge is 0.348 e. The molecule has 0 spiro atoms. The van der Waals surface area contributed by atoms with Gasteiger partial charge in [-0.2, -0.15) is 13.2 Å². The molecule has 1 aromatic rings. The minimum atomic E-state index is -4.12. The first-order valence-electron chi connectivity index (χ1n) is 6.35. The van der Waals surface area contributed by atoms with Gasteiger partial charge in [0.15, 0.2) is 0 Å². The molecule has 1 fully saturated rings. The molecular formula is C13H14BrF3N2O. The topological polar surface area (TPSA) is 42.0 Å². The molecule has 0 aliphatic heterocycles. The number of pyridine rings is 1. The number of amides is 1. The van der Waals surface area contributed by atoms with E-state index in [1.54, 1.807) is 12.1 Å². The molecule has 1 saturated carbocycles. The Kier molecular flexibility index (Phi) is 4.67. The Morgan fingerprint density at radius 1 is 1.25 bits per heavy atom. The normalized spacial score (nSPS) is 23.4. The maximum atomic E-state index is 12.5. The first kappa shape index (κ1) is 15.3. The summed E-state index contributed by atoms with van der Waals surface area (Å²) in [6, 6.07) is 3.06. The molecule has 3 nitrogen and oxygen atoms in total. The van der Waals surface area contributed by atoms with E-state index in [9.17, 15) is 18.0 Å². The second kappa shape index (κ2) is 6.11. The van der Waals surface area contributed by atoms with Gasteiger partial charge in [-0.05, 0) is 53.7 Å². The van der Waals surface area contributed by atoms with Gasteiger partial charge in [0, 0.05) is 16.7 Å². The van der Waals surface area contributed by atoms with Crippen molar-refractivity contribution in [1.82, 2.24) is 10.3 Å². The van der Waals surface area contributed by atoms with E-state index in [1.807, 2.05) is 0 Å². The van der Waals surface area contributed by atoms with Crippen molar-refractivity contribution in [2.75, 3.05) is 0 Å². The molecule has 2 rings (SSSR count). The fraction of sp³-hybridized carbons (Fsp3) is 0.538. The van der Waals surface area contributed by atoms with E-state index in [1.165, 1.54) is 6.20 Å². The van der Waals surface area contributed by atoms with Gasteiger partial charge in [-0.25, -0.2) is 4.98 Å². The van der Waals surface area contributed by atoms with E-state index in [0.29, 0.717) is 12.8 Å². The van der Waals surface area contributed by atoms with E-state index < -0.39 is 12.1 Å². The predicted octanol–water partition coefficient (Wildman–Crippen LogP) is 3.70. The summed E-state index contributed by atoms with van der Waals surface area (Å²) >= 11 is 3.22. The third-order valence-electron chi connectivity index (χ3n) is 3.49. The van der Waals surface area contributed by atoms with Gasteiger partial charge in [0.25, 0.3) is 5.91 Å². The maximum absolute atomic E-state index is 12.5. The van der Waals surface area contributed by atoms with Crippen molar-refractivity contribution in [3.63, 3.8) is 0 Å². The number of nitrogens with zero attached hydrogens (tertiary/aromatic N) is 1. The number of aromatic nitrogens is 1. The molecule has 0 bridgehead atoms. The fourth-order valence-corrected chi connectivity index (χ4v) is 2.57. The SMILES string of the molecule is O=C(NC1CCC(C(F)(F)F)CC1)c1ccc(Br)cn1. The lowest BCUT2D eigenvalue weighted by atomic mass is 9.85. The van der Waals surface area contributed by atoms with E-state index in [4.69, 9.17) is 0 Å². The molecule has 1 aromatic heterocycles. The Labute approximate surface area is 123 Å². The van der Waals surface area contributed by atoms with Gasteiger partial charge in [-0.15, -0.1) is 0 Å². The summed E-state index contributed by atoms with van der Waals surface area (Å²) in [5, 5.41) is 2.74. The zero-order valence-electron chi connectivity index (χ0n) is 10.6. The summed E-state index contributed by atoms with van der Waals surface area (Å²) < 4.78 is 38.4. The van der Waals surface area contributed by atoms with Gasteiger partial charge < -0.3 is 5.32 Å². The van der Waals surface area contributed by atoms with Crippen LogP contribution in [0.25, 0.3) is 0 Å². The van der Waals surface area contributed by atoms with Crippen LogP contribution in [-0.2, 0) is 0 Å². The number of carbonyl (C=O) groups excluding carboxylic acids is 1. The van der Waals surface area contributed by atoms with Crippen LogP contribution in [0.2, 0.25) is 0 Å². The molecule has 110 valence electrons. The second-order valence-corrected chi connectivity index (χ2v) is 5.84. The number of hydrogen-bond acceptors (Lipinski definition) is 2. The largest absolute Gasteiger partial charge is 0.391 e. The van der Waals surface area contributed by atoms with Crippen LogP contribution in [0.1, 0.15) is 36.2 Å². The van der Waals surface area contributed by atoms with Crippen LogP contribution in [0.4, 0.5) is 13.2 Å². The van der Waals surface area contributed by atoms with Gasteiger partial charge in [0.1, 0.15) is 5.69 Å². The van der Waals surface area contributed by atoms with Gasteiger partial charge in [0.05, 0.1) is 5.92 Å². The molecule has 0 unspecified atom stereocenters. The standard InChI is InChI=1S/C13H14BrF3N2O/c14-9-3-6-11(18-7-9)12(20)19-10-4-1-8(2-5-10)13(15,16)17/h3,6-8,10H,1-2,4-5H2,(H,19,20). The van der Waals surface area contributed by atoms with Crippen LogP contribution in [0.15, 0.2) is 22.8 Å². The lowest BCUT2D eigenvalue weighted by Crippen LogP contribution is -2.40. The molecule has 20 heavy (non-hydrogen) atoms. The van der Waals surface area contributed by atoms with Crippen LogP contribution in [0, 0.1) is 5.92 Å². The number of alkyl halides is 3. The average molecular weight is 351 g/mol. The molecule has 0 atom stereocenters. The van der Waals surface area contributed by atoms with Gasteiger partial charge in [-0.1, -0.05) is 0 Å². The number of carbonyl (C=O) groups is 1. The Hall–Kier alpha value is -1.11. The molecule has 1 heterocycles.